The zero-order chi connectivity index (χ0) is 19.2. The topological polar surface area (TPSA) is 26.0 Å². The SMILES string of the molecule is C=C/C=C(\Cc1nc(-c2ccc(CCC)cc2C)oc1C)c1ccccc1. The van der Waals surface area contributed by atoms with Crippen LogP contribution in [0, 0.1) is 13.8 Å². The third-order valence-electron chi connectivity index (χ3n) is 4.77. The van der Waals surface area contributed by atoms with Gasteiger partial charge in [-0.05, 0) is 48.6 Å². The Hall–Kier alpha value is -2.87. The van der Waals surface area contributed by atoms with Crippen LogP contribution in [-0.4, -0.2) is 4.98 Å². The summed E-state index contributed by atoms with van der Waals surface area (Å²) >= 11 is 0. The molecule has 0 aliphatic rings. The van der Waals surface area contributed by atoms with Crippen molar-refractivity contribution in [2.45, 2.75) is 40.0 Å². The highest BCUT2D eigenvalue weighted by Gasteiger charge is 2.15. The van der Waals surface area contributed by atoms with Gasteiger partial charge in [0.15, 0.2) is 0 Å². The molecule has 0 aliphatic heterocycles. The lowest BCUT2D eigenvalue weighted by Gasteiger charge is -2.06. The molecular formula is C25H27NO. The molecule has 0 fully saturated rings. The lowest BCUT2D eigenvalue weighted by Crippen LogP contribution is -1.94. The summed E-state index contributed by atoms with van der Waals surface area (Å²) in [5.74, 6) is 1.57. The second-order valence-corrected chi connectivity index (χ2v) is 6.89. The normalized spacial score (nSPS) is 11.6. The number of benzene rings is 2. The first-order chi connectivity index (χ1) is 13.1. The Bertz CT molecular complexity index is 948. The van der Waals surface area contributed by atoms with E-state index < -0.39 is 0 Å². The van der Waals surface area contributed by atoms with E-state index in [2.05, 4.69) is 62.9 Å². The van der Waals surface area contributed by atoms with Gasteiger partial charge in [-0.25, -0.2) is 4.98 Å². The summed E-state index contributed by atoms with van der Waals surface area (Å²) in [6.07, 6.45) is 6.85. The Morgan fingerprint density at radius 3 is 2.56 bits per heavy atom. The monoisotopic (exact) mass is 357 g/mol. The maximum Gasteiger partial charge on any atom is 0.226 e. The molecule has 2 heteroatoms. The Balaban J connectivity index is 1.90. The molecule has 1 aromatic heterocycles. The third-order valence-corrected chi connectivity index (χ3v) is 4.77. The van der Waals surface area contributed by atoms with E-state index in [1.54, 1.807) is 0 Å². The number of aromatic nitrogens is 1. The largest absolute Gasteiger partial charge is 0.441 e. The van der Waals surface area contributed by atoms with Crippen LogP contribution < -0.4 is 0 Å². The van der Waals surface area contributed by atoms with Crippen molar-refractivity contribution < 1.29 is 4.42 Å². The highest BCUT2D eigenvalue weighted by Crippen LogP contribution is 2.28. The summed E-state index contributed by atoms with van der Waals surface area (Å²) in [6.45, 7) is 10.2. The van der Waals surface area contributed by atoms with Crippen LogP contribution in [0.4, 0.5) is 0 Å². The van der Waals surface area contributed by atoms with Crippen LogP contribution in [-0.2, 0) is 12.8 Å². The number of nitrogens with zero attached hydrogens (tertiary/aromatic N) is 1. The second kappa shape index (κ2) is 8.68. The van der Waals surface area contributed by atoms with E-state index in [1.807, 2.05) is 25.1 Å². The van der Waals surface area contributed by atoms with E-state index in [0.29, 0.717) is 5.89 Å². The number of hydrogen-bond acceptors (Lipinski definition) is 2. The number of hydrogen-bond donors (Lipinski definition) is 0. The van der Waals surface area contributed by atoms with Crippen LogP contribution in [0.3, 0.4) is 0 Å². The minimum Gasteiger partial charge on any atom is -0.441 e. The molecule has 0 bridgehead atoms. The van der Waals surface area contributed by atoms with Crippen molar-refractivity contribution in [3.8, 4) is 11.5 Å². The standard InChI is InChI=1S/C25H27NO/c1-5-10-20-14-15-23(18(3)16-20)25-26-24(19(4)27-25)17-22(11-6-2)21-12-8-7-9-13-21/h6-9,11-16H,2,5,10,17H2,1,3-4H3/b22-11+. The van der Waals surface area contributed by atoms with Gasteiger partial charge in [-0.3, -0.25) is 0 Å². The van der Waals surface area contributed by atoms with Crippen LogP contribution in [0.2, 0.25) is 0 Å². The van der Waals surface area contributed by atoms with Gasteiger partial charge >= 0.3 is 0 Å². The number of allylic oxidation sites excluding steroid dienone is 3. The fourth-order valence-corrected chi connectivity index (χ4v) is 3.35. The minimum atomic E-state index is 0.703. The van der Waals surface area contributed by atoms with E-state index in [9.17, 15) is 0 Å². The molecule has 0 amide bonds. The van der Waals surface area contributed by atoms with E-state index in [4.69, 9.17) is 9.40 Å². The molecule has 0 N–H and O–H groups in total. The van der Waals surface area contributed by atoms with E-state index in [0.717, 1.165) is 36.3 Å². The lowest BCUT2D eigenvalue weighted by molar-refractivity contribution is 0.540. The van der Waals surface area contributed by atoms with Crippen LogP contribution in [0.15, 0.2) is 71.7 Å². The predicted octanol–water partition coefficient (Wildman–Crippen LogP) is 6.72. The molecule has 2 aromatic carbocycles. The zero-order valence-electron chi connectivity index (χ0n) is 16.5. The summed E-state index contributed by atoms with van der Waals surface area (Å²) in [7, 11) is 0. The second-order valence-electron chi connectivity index (χ2n) is 6.89. The van der Waals surface area contributed by atoms with E-state index in [1.165, 1.54) is 22.3 Å². The number of aryl methyl sites for hydroxylation is 3. The van der Waals surface area contributed by atoms with Crippen LogP contribution in [0.25, 0.3) is 17.0 Å². The van der Waals surface area contributed by atoms with Crippen LogP contribution >= 0.6 is 0 Å². The van der Waals surface area contributed by atoms with Crippen molar-refractivity contribution >= 4 is 5.57 Å². The summed E-state index contributed by atoms with van der Waals surface area (Å²) in [6, 6.07) is 16.9. The fraction of sp³-hybridized carbons (Fsp3) is 0.240. The highest BCUT2D eigenvalue weighted by atomic mass is 16.4. The fourth-order valence-electron chi connectivity index (χ4n) is 3.35. The molecule has 2 nitrogen and oxygen atoms in total. The smallest absolute Gasteiger partial charge is 0.226 e. The van der Waals surface area contributed by atoms with Gasteiger partial charge in [0.2, 0.25) is 5.89 Å². The molecular weight excluding hydrogens is 330 g/mol. The Kier molecular flexibility index (Phi) is 6.08. The first kappa shape index (κ1) is 18.9. The Morgan fingerprint density at radius 2 is 1.89 bits per heavy atom. The molecule has 0 unspecified atom stereocenters. The average Bonchev–Trinajstić information content (AvgIpc) is 3.03. The van der Waals surface area contributed by atoms with Gasteiger partial charge < -0.3 is 4.42 Å². The van der Waals surface area contributed by atoms with Crippen LogP contribution in [0.1, 0.15) is 41.5 Å². The van der Waals surface area contributed by atoms with Crippen molar-refractivity contribution in [2.24, 2.45) is 0 Å². The lowest BCUT2D eigenvalue weighted by atomic mass is 10.00. The molecule has 0 saturated heterocycles. The maximum atomic E-state index is 6.03. The first-order valence-electron chi connectivity index (χ1n) is 9.55. The Morgan fingerprint density at radius 1 is 1.11 bits per heavy atom. The zero-order valence-corrected chi connectivity index (χ0v) is 16.5. The molecule has 0 atom stereocenters. The quantitative estimate of drug-likeness (QED) is 0.438. The highest BCUT2D eigenvalue weighted by molar-refractivity contribution is 5.69. The molecule has 3 rings (SSSR count). The molecule has 0 radical (unpaired) electrons. The predicted molar refractivity (Wildman–Crippen MR) is 114 cm³/mol. The van der Waals surface area contributed by atoms with Gasteiger partial charge in [0.05, 0.1) is 5.69 Å². The Labute approximate surface area is 162 Å². The van der Waals surface area contributed by atoms with Gasteiger partial charge in [0.25, 0.3) is 0 Å². The van der Waals surface area contributed by atoms with Gasteiger partial charge in [-0.15, -0.1) is 0 Å². The van der Waals surface area contributed by atoms with Gasteiger partial charge in [0, 0.05) is 12.0 Å². The summed E-state index contributed by atoms with van der Waals surface area (Å²) in [4.78, 5) is 4.82. The minimum absolute atomic E-state index is 0.703. The van der Waals surface area contributed by atoms with Crippen molar-refractivity contribution in [1.29, 1.82) is 0 Å². The molecule has 0 aliphatic carbocycles. The van der Waals surface area contributed by atoms with Gasteiger partial charge in [-0.1, -0.05) is 74.5 Å². The molecule has 1 heterocycles. The summed E-state index contributed by atoms with van der Waals surface area (Å²) in [5, 5.41) is 0. The molecule has 0 saturated carbocycles. The average molecular weight is 357 g/mol. The van der Waals surface area contributed by atoms with Gasteiger partial charge in [0.1, 0.15) is 5.76 Å². The molecule has 0 spiro atoms. The number of rotatable bonds is 7. The first-order valence-corrected chi connectivity index (χ1v) is 9.55. The van der Waals surface area contributed by atoms with Crippen molar-refractivity contribution in [2.75, 3.05) is 0 Å². The molecule has 3 aromatic rings. The maximum absolute atomic E-state index is 6.03. The summed E-state index contributed by atoms with van der Waals surface area (Å²) < 4.78 is 6.03. The van der Waals surface area contributed by atoms with Crippen molar-refractivity contribution in [1.82, 2.24) is 4.98 Å². The molecule has 138 valence electrons. The van der Waals surface area contributed by atoms with Gasteiger partial charge in [-0.2, -0.15) is 0 Å². The van der Waals surface area contributed by atoms with Crippen LogP contribution in [0.5, 0.6) is 0 Å². The van der Waals surface area contributed by atoms with Crippen molar-refractivity contribution in [3.05, 3.63) is 95.4 Å². The van der Waals surface area contributed by atoms with E-state index >= 15 is 0 Å². The summed E-state index contributed by atoms with van der Waals surface area (Å²) in [5.41, 5.74) is 6.98. The van der Waals surface area contributed by atoms with Crippen molar-refractivity contribution in [3.63, 3.8) is 0 Å². The van der Waals surface area contributed by atoms with E-state index in [-0.39, 0.29) is 0 Å². The molecule has 27 heavy (non-hydrogen) atoms. The third kappa shape index (κ3) is 4.46. The number of oxazole rings is 1.